The lowest BCUT2D eigenvalue weighted by Crippen LogP contribution is -1.86. The first-order valence-corrected chi connectivity index (χ1v) is 10.8. The molecule has 5 aromatic rings. The van der Waals surface area contributed by atoms with Gasteiger partial charge in [0.25, 0.3) is 0 Å². The SMILES string of the molecule is [c]1ccc([SH](c2nc3ccccc3s2)c2nc3ccccc3s2)cc1. The Morgan fingerprint density at radius 1 is 0.680 bits per heavy atom. The van der Waals surface area contributed by atoms with Crippen molar-refractivity contribution in [3.63, 3.8) is 0 Å². The van der Waals surface area contributed by atoms with Gasteiger partial charge in [-0.25, -0.2) is 9.97 Å². The molecule has 1 radical (unpaired) electrons. The molecule has 121 valence electrons. The Labute approximate surface area is 156 Å². The van der Waals surface area contributed by atoms with E-state index in [0.29, 0.717) is 0 Å². The quantitative estimate of drug-likeness (QED) is 0.380. The second-order valence-corrected chi connectivity index (χ2v) is 10.2. The maximum absolute atomic E-state index is 4.94. The monoisotopic (exact) mass is 377 g/mol. The van der Waals surface area contributed by atoms with Crippen molar-refractivity contribution in [2.24, 2.45) is 0 Å². The molecule has 25 heavy (non-hydrogen) atoms. The van der Waals surface area contributed by atoms with Crippen LogP contribution < -0.4 is 0 Å². The van der Waals surface area contributed by atoms with Crippen LogP contribution in [0.15, 0.2) is 86.4 Å². The van der Waals surface area contributed by atoms with Crippen LogP contribution in [0.1, 0.15) is 0 Å². The summed E-state index contributed by atoms with van der Waals surface area (Å²) in [6.45, 7) is 0. The molecule has 2 heterocycles. The molecule has 0 saturated carbocycles. The fraction of sp³-hybridized carbons (Fsp3) is 0. The molecule has 0 bridgehead atoms. The van der Waals surface area contributed by atoms with E-state index in [0.717, 1.165) is 19.7 Å². The summed E-state index contributed by atoms with van der Waals surface area (Å²) in [6, 6.07) is 28.0. The molecule has 3 aromatic carbocycles. The fourth-order valence-corrected chi connectivity index (χ4v) is 8.27. The summed E-state index contributed by atoms with van der Waals surface area (Å²) in [4.78, 5) is 11.1. The Morgan fingerprint density at radius 3 is 1.72 bits per heavy atom. The van der Waals surface area contributed by atoms with Gasteiger partial charge in [0, 0.05) is 0 Å². The molecular formula is C20H13N2S3. The predicted molar refractivity (Wildman–Crippen MR) is 108 cm³/mol. The Morgan fingerprint density at radius 2 is 1.20 bits per heavy atom. The molecule has 2 aromatic heterocycles. The minimum absolute atomic E-state index is 0.745. The first-order valence-electron chi connectivity index (χ1n) is 7.86. The molecule has 0 N–H and O–H groups in total. The third-order valence-electron chi connectivity index (χ3n) is 3.91. The van der Waals surface area contributed by atoms with E-state index in [1.54, 1.807) is 22.7 Å². The van der Waals surface area contributed by atoms with Gasteiger partial charge in [0.1, 0.15) is 8.68 Å². The summed E-state index contributed by atoms with van der Waals surface area (Å²) in [5.41, 5.74) is 2.14. The van der Waals surface area contributed by atoms with Crippen LogP contribution in [0.2, 0.25) is 0 Å². The molecule has 5 heteroatoms. The van der Waals surface area contributed by atoms with Gasteiger partial charge in [0.2, 0.25) is 0 Å². The van der Waals surface area contributed by atoms with E-state index in [4.69, 9.17) is 9.97 Å². The van der Waals surface area contributed by atoms with Crippen LogP contribution >= 0.6 is 33.6 Å². The molecule has 0 unspecified atom stereocenters. The Hall–Kier alpha value is -2.21. The third kappa shape index (κ3) is 2.74. The topological polar surface area (TPSA) is 25.8 Å². The van der Waals surface area contributed by atoms with E-state index in [2.05, 4.69) is 54.6 Å². The van der Waals surface area contributed by atoms with Crippen LogP contribution in [-0.2, 0) is 0 Å². The number of rotatable bonds is 3. The molecule has 5 rings (SSSR count). The van der Waals surface area contributed by atoms with Gasteiger partial charge in [-0.1, -0.05) is 36.4 Å². The van der Waals surface area contributed by atoms with Gasteiger partial charge in [-0.3, -0.25) is 0 Å². The normalized spacial score (nSPS) is 11.9. The van der Waals surface area contributed by atoms with E-state index in [1.807, 2.05) is 24.3 Å². The van der Waals surface area contributed by atoms with Crippen LogP contribution in [-0.4, -0.2) is 9.97 Å². The molecule has 0 saturated heterocycles. The number of thiol groups is 1. The first-order chi connectivity index (χ1) is 12.4. The van der Waals surface area contributed by atoms with Gasteiger partial charge >= 0.3 is 0 Å². The molecule has 0 amide bonds. The van der Waals surface area contributed by atoms with Crippen LogP contribution in [0.5, 0.6) is 0 Å². The zero-order valence-corrected chi connectivity index (χ0v) is 15.6. The molecule has 0 aliphatic heterocycles. The molecule has 0 aliphatic carbocycles. The number of nitrogens with zero attached hydrogens (tertiary/aromatic N) is 2. The maximum Gasteiger partial charge on any atom is 0.141 e. The molecule has 0 spiro atoms. The summed E-state index contributed by atoms with van der Waals surface area (Å²) in [7, 11) is -0.745. The van der Waals surface area contributed by atoms with E-state index >= 15 is 0 Å². The lowest BCUT2D eigenvalue weighted by atomic mass is 10.3. The van der Waals surface area contributed by atoms with Crippen molar-refractivity contribution in [1.29, 1.82) is 0 Å². The standard InChI is InChI=1S/C20H13N2S3/c1-2-8-14(9-3-1)25(19-21-15-10-4-6-12-17(15)23-19)20-22-16-11-5-7-13-18(16)24-20/h2-13,25H. The highest BCUT2D eigenvalue weighted by atomic mass is 32.2. The van der Waals surface area contributed by atoms with Gasteiger partial charge < -0.3 is 0 Å². The maximum atomic E-state index is 4.94. The number of para-hydroxylation sites is 2. The minimum atomic E-state index is -0.745. The average Bonchev–Trinajstić information content (AvgIpc) is 3.26. The van der Waals surface area contributed by atoms with Crippen LogP contribution in [0.25, 0.3) is 20.4 Å². The largest absolute Gasteiger partial charge is 0.231 e. The summed E-state index contributed by atoms with van der Waals surface area (Å²) >= 11 is 3.56. The lowest BCUT2D eigenvalue weighted by molar-refractivity contribution is 1.22. The van der Waals surface area contributed by atoms with Gasteiger partial charge in [-0.15, -0.1) is 33.6 Å². The van der Waals surface area contributed by atoms with Crippen molar-refractivity contribution in [3.05, 3.63) is 78.9 Å². The minimum Gasteiger partial charge on any atom is -0.231 e. The second-order valence-electron chi connectivity index (χ2n) is 5.52. The highest BCUT2D eigenvalue weighted by molar-refractivity contribution is 8.19. The predicted octanol–water partition coefficient (Wildman–Crippen LogP) is 6.18. The van der Waals surface area contributed by atoms with Gasteiger partial charge in [-0.2, -0.15) is 0 Å². The number of thiazole rings is 2. The van der Waals surface area contributed by atoms with Crippen LogP contribution in [0.4, 0.5) is 0 Å². The summed E-state index contributed by atoms with van der Waals surface area (Å²) in [5, 5.41) is 0. The molecule has 0 aliphatic rings. The number of benzene rings is 3. The van der Waals surface area contributed by atoms with Crippen molar-refractivity contribution < 1.29 is 0 Å². The number of fused-ring (bicyclic) bond motifs is 2. The zero-order valence-electron chi connectivity index (χ0n) is 13.1. The van der Waals surface area contributed by atoms with Crippen molar-refractivity contribution in [2.75, 3.05) is 0 Å². The summed E-state index contributed by atoms with van der Waals surface area (Å²) in [5.74, 6) is 0. The first kappa shape index (κ1) is 15.1. The van der Waals surface area contributed by atoms with Gasteiger partial charge in [-0.05, 0) is 47.4 Å². The number of aromatic nitrogens is 2. The highest BCUT2D eigenvalue weighted by Crippen LogP contribution is 2.55. The third-order valence-corrected chi connectivity index (χ3v) is 9.01. The van der Waals surface area contributed by atoms with Crippen molar-refractivity contribution in [1.82, 2.24) is 9.97 Å². The summed E-state index contributed by atoms with van der Waals surface area (Å²) < 4.78 is 4.77. The van der Waals surface area contributed by atoms with Crippen LogP contribution in [0, 0.1) is 6.07 Å². The zero-order chi connectivity index (χ0) is 16.6. The van der Waals surface area contributed by atoms with E-state index in [9.17, 15) is 0 Å². The van der Waals surface area contributed by atoms with Crippen molar-refractivity contribution >= 4 is 54.0 Å². The molecular weight excluding hydrogens is 364 g/mol. The van der Waals surface area contributed by atoms with Crippen molar-refractivity contribution in [2.45, 2.75) is 13.6 Å². The average molecular weight is 378 g/mol. The number of hydrogen-bond donors (Lipinski definition) is 1. The van der Waals surface area contributed by atoms with Crippen molar-refractivity contribution in [3.8, 4) is 0 Å². The Kier molecular flexibility index (Phi) is 3.77. The lowest BCUT2D eigenvalue weighted by Gasteiger charge is -2.16. The molecule has 2 nitrogen and oxygen atoms in total. The Bertz CT molecular complexity index is 1020. The number of hydrogen-bond acceptors (Lipinski definition) is 4. The molecule has 0 atom stereocenters. The summed E-state index contributed by atoms with van der Waals surface area (Å²) in [6.07, 6.45) is 0. The van der Waals surface area contributed by atoms with Gasteiger partial charge in [0.15, 0.2) is 0 Å². The van der Waals surface area contributed by atoms with E-state index in [-0.39, 0.29) is 0 Å². The molecule has 0 fully saturated rings. The second kappa shape index (κ2) is 6.26. The van der Waals surface area contributed by atoms with E-state index < -0.39 is 10.9 Å². The van der Waals surface area contributed by atoms with Gasteiger partial charge in [0.05, 0.1) is 20.4 Å². The Balaban J connectivity index is 1.73. The van der Waals surface area contributed by atoms with E-state index in [1.165, 1.54) is 14.3 Å². The smallest absolute Gasteiger partial charge is 0.141 e. The highest BCUT2D eigenvalue weighted by Gasteiger charge is 2.20. The van der Waals surface area contributed by atoms with Crippen LogP contribution in [0.3, 0.4) is 0 Å². The fourth-order valence-electron chi connectivity index (χ4n) is 2.74.